The number of allylic oxidation sites excluding steroid dienone is 1. The quantitative estimate of drug-likeness (QED) is 0.166. The molecule has 2 saturated heterocycles. The van der Waals surface area contributed by atoms with E-state index in [1.54, 1.807) is 26.8 Å². The highest BCUT2D eigenvalue weighted by atomic mass is 16.7. The number of ether oxygens (including phenoxy) is 3. The summed E-state index contributed by atoms with van der Waals surface area (Å²) in [5.74, 6) is -1.84. The molecule has 11 atom stereocenters. The van der Waals surface area contributed by atoms with E-state index in [0.29, 0.717) is 0 Å². The molecule has 9 N–H and O–H groups in total. The van der Waals surface area contributed by atoms with Gasteiger partial charge in [0, 0.05) is 26.3 Å². The van der Waals surface area contributed by atoms with Crippen molar-refractivity contribution in [3.63, 3.8) is 0 Å². The summed E-state index contributed by atoms with van der Waals surface area (Å²) in [5.41, 5.74) is 5.95. The van der Waals surface area contributed by atoms with Crippen LogP contribution >= 0.6 is 0 Å². The highest BCUT2D eigenvalue weighted by Crippen LogP contribution is 2.35. The van der Waals surface area contributed by atoms with Crippen molar-refractivity contribution < 1.29 is 44.5 Å². The van der Waals surface area contributed by atoms with Crippen LogP contribution in [0, 0.1) is 11.8 Å². The van der Waals surface area contributed by atoms with Gasteiger partial charge in [0.2, 0.25) is 0 Å². The number of hydrogen-bond donors (Lipinski definition) is 8. The Morgan fingerprint density at radius 3 is 2.41 bits per heavy atom. The molecule has 37 heavy (non-hydrogen) atoms. The second-order valence-electron chi connectivity index (χ2n) is 10.9. The molecule has 12 heteroatoms. The van der Waals surface area contributed by atoms with Gasteiger partial charge >= 0.3 is 6.03 Å². The Hall–Kier alpha value is -1.35. The number of aliphatic hydroxyl groups is 5. The van der Waals surface area contributed by atoms with E-state index in [2.05, 4.69) is 10.6 Å². The molecule has 12 nitrogen and oxygen atoms in total. The third-order valence-corrected chi connectivity index (χ3v) is 6.92. The minimum absolute atomic E-state index is 0.0494. The lowest BCUT2D eigenvalue weighted by atomic mass is 9.86. The lowest BCUT2D eigenvalue weighted by Crippen LogP contribution is -2.63. The Kier molecular flexibility index (Phi) is 11.7. The van der Waals surface area contributed by atoms with Crippen molar-refractivity contribution in [1.29, 1.82) is 0 Å². The fourth-order valence-corrected chi connectivity index (χ4v) is 4.51. The highest BCUT2D eigenvalue weighted by Gasteiger charge is 2.49. The molecule has 6 unspecified atom stereocenters. The summed E-state index contributed by atoms with van der Waals surface area (Å²) in [6, 6.07) is -2.43. The largest absolute Gasteiger partial charge is 0.393 e. The first-order chi connectivity index (χ1) is 17.2. The number of rotatable bonds is 10. The summed E-state index contributed by atoms with van der Waals surface area (Å²) in [7, 11) is 1.44. The topological polar surface area (TPSA) is 196 Å². The average Bonchev–Trinajstić information content (AvgIpc) is 2.81. The summed E-state index contributed by atoms with van der Waals surface area (Å²) in [6.45, 7) is 9.17. The monoisotopic (exact) mass is 533 g/mol. The maximum atomic E-state index is 12.1. The first-order valence-electron chi connectivity index (χ1n) is 13.0. The number of urea groups is 1. The van der Waals surface area contributed by atoms with E-state index in [0.717, 1.165) is 0 Å². The van der Waals surface area contributed by atoms with Gasteiger partial charge in [-0.05, 0) is 18.8 Å². The number of carbonyl (C=O) groups is 1. The van der Waals surface area contributed by atoms with Gasteiger partial charge in [-0.25, -0.2) is 4.79 Å². The standard InChI is InChI=1S/C25H47N3O9/c1-12(2)7-8-15(36-23-22(32)19(26)21(31)14(5)35-23)9-18-20(28-24(33)27-6)17(30)11-25(34,37-18)10-16(29)13(3)4/h7-8,12-23,29-32,34H,9-11,26H2,1-6H3,(H2,27,28,33)/b8-7+/t14?,15?,16-,17+,18+,19?,20-,21?,22?,23?,25-/m1/s1. The molecule has 0 bridgehead atoms. The van der Waals surface area contributed by atoms with Gasteiger partial charge in [0.05, 0.1) is 48.7 Å². The Bertz CT molecular complexity index is 755. The molecule has 0 radical (unpaired) electrons. The van der Waals surface area contributed by atoms with E-state index in [4.69, 9.17) is 19.9 Å². The Morgan fingerprint density at radius 1 is 1.19 bits per heavy atom. The van der Waals surface area contributed by atoms with Crippen molar-refractivity contribution >= 4 is 6.03 Å². The first kappa shape index (κ1) is 31.9. The van der Waals surface area contributed by atoms with Crippen molar-refractivity contribution in [2.45, 2.75) is 121 Å². The summed E-state index contributed by atoms with van der Waals surface area (Å²) in [6.07, 6.45) is -4.64. The van der Waals surface area contributed by atoms with Gasteiger partial charge < -0.3 is 56.1 Å². The average molecular weight is 534 g/mol. The Balaban J connectivity index is 2.32. The molecule has 0 aromatic heterocycles. The van der Waals surface area contributed by atoms with Gasteiger partial charge in [-0.3, -0.25) is 0 Å². The molecule has 2 amide bonds. The fraction of sp³-hybridized carbons (Fsp3) is 0.880. The highest BCUT2D eigenvalue weighted by molar-refractivity contribution is 5.74. The molecule has 2 heterocycles. The van der Waals surface area contributed by atoms with Crippen LogP contribution in [-0.2, 0) is 14.2 Å². The summed E-state index contributed by atoms with van der Waals surface area (Å²) >= 11 is 0. The maximum Gasteiger partial charge on any atom is 0.314 e. The zero-order chi connectivity index (χ0) is 28.1. The van der Waals surface area contributed by atoms with Gasteiger partial charge in [-0.2, -0.15) is 0 Å². The molecule has 0 aromatic rings. The molecule has 2 aliphatic rings. The van der Waals surface area contributed by atoms with Crippen molar-refractivity contribution in [2.75, 3.05) is 7.05 Å². The van der Waals surface area contributed by atoms with Gasteiger partial charge in [0.15, 0.2) is 12.1 Å². The number of hydrogen-bond acceptors (Lipinski definition) is 10. The van der Waals surface area contributed by atoms with Gasteiger partial charge in [0.25, 0.3) is 0 Å². The minimum atomic E-state index is -1.84. The lowest BCUT2D eigenvalue weighted by Gasteiger charge is -2.46. The summed E-state index contributed by atoms with van der Waals surface area (Å²) in [5, 5.41) is 58.3. The van der Waals surface area contributed by atoms with Crippen molar-refractivity contribution in [3.05, 3.63) is 12.2 Å². The molecular formula is C25H47N3O9. The van der Waals surface area contributed by atoms with E-state index < -0.39 is 72.9 Å². The molecule has 0 aliphatic carbocycles. The second-order valence-corrected chi connectivity index (χ2v) is 10.9. The third-order valence-electron chi connectivity index (χ3n) is 6.92. The Labute approximate surface area is 219 Å². The summed E-state index contributed by atoms with van der Waals surface area (Å²) in [4.78, 5) is 12.1. The number of carbonyl (C=O) groups excluding carboxylic acids is 1. The van der Waals surface area contributed by atoms with Crippen LogP contribution in [0.4, 0.5) is 4.79 Å². The van der Waals surface area contributed by atoms with Crippen LogP contribution in [0.5, 0.6) is 0 Å². The fourth-order valence-electron chi connectivity index (χ4n) is 4.51. The van der Waals surface area contributed by atoms with Crippen molar-refractivity contribution in [3.8, 4) is 0 Å². The molecule has 0 saturated carbocycles. The number of aliphatic hydroxyl groups excluding tert-OH is 4. The van der Waals surface area contributed by atoms with Crippen molar-refractivity contribution in [2.24, 2.45) is 17.6 Å². The van der Waals surface area contributed by atoms with Gasteiger partial charge in [-0.1, -0.05) is 39.8 Å². The number of nitrogens with two attached hydrogens (primary N) is 1. The molecular weight excluding hydrogens is 486 g/mol. The van der Waals surface area contributed by atoms with Crippen LogP contribution in [0.2, 0.25) is 0 Å². The molecule has 2 aliphatic heterocycles. The van der Waals surface area contributed by atoms with Crippen LogP contribution < -0.4 is 16.4 Å². The SMILES string of the molecule is CNC(=O)N[C@H]1[C@H](CC(/C=C/C(C)C)OC2OC(C)C(O)C(N)C2O)O[C@](O)(C[C@@H](O)C(C)C)C[C@@H]1O. The van der Waals surface area contributed by atoms with Crippen LogP contribution in [0.3, 0.4) is 0 Å². The van der Waals surface area contributed by atoms with Crippen LogP contribution in [0.15, 0.2) is 12.2 Å². The zero-order valence-electron chi connectivity index (χ0n) is 22.7. The first-order valence-corrected chi connectivity index (χ1v) is 13.0. The lowest BCUT2D eigenvalue weighted by molar-refractivity contribution is -0.303. The molecule has 0 aromatic carbocycles. The van der Waals surface area contributed by atoms with E-state index in [-0.39, 0.29) is 31.1 Å². The minimum Gasteiger partial charge on any atom is -0.393 e. The smallest absolute Gasteiger partial charge is 0.314 e. The van der Waals surface area contributed by atoms with E-state index >= 15 is 0 Å². The van der Waals surface area contributed by atoms with E-state index in [1.165, 1.54) is 7.05 Å². The summed E-state index contributed by atoms with van der Waals surface area (Å²) < 4.78 is 17.8. The third kappa shape index (κ3) is 8.84. The maximum absolute atomic E-state index is 12.1. The van der Waals surface area contributed by atoms with Crippen molar-refractivity contribution in [1.82, 2.24) is 10.6 Å². The van der Waals surface area contributed by atoms with E-state index in [9.17, 15) is 30.3 Å². The van der Waals surface area contributed by atoms with Gasteiger partial charge in [-0.15, -0.1) is 0 Å². The van der Waals surface area contributed by atoms with E-state index in [1.807, 2.05) is 19.9 Å². The van der Waals surface area contributed by atoms with Crippen LogP contribution in [0.1, 0.15) is 53.9 Å². The molecule has 0 spiro atoms. The number of nitrogens with one attached hydrogen (secondary N) is 2. The zero-order valence-corrected chi connectivity index (χ0v) is 22.7. The molecule has 2 fully saturated rings. The van der Waals surface area contributed by atoms with Crippen LogP contribution in [-0.4, -0.2) is 106 Å². The predicted molar refractivity (Wildman–Crippen MR) is 135 cm³/mol. The molecule has 216 valence electrons. The predicted octanol–water partition coefficient (Wildman–Crippen LogP) is -0.689. The van der Waals surface area contributed by atoms with Crippen LogP contribution in [0.25, 0.3) is 0 Å². The normalized spacial score (nSPS) is 38.6. The Morgan fingerprint density at radius 2 is 1.84 bits per heavy atom. The molecule has 2 rings (SSSR count). The second kappa shape index (κ2) is 13.6. The van der Waals surface area contributed by atoms with Gasteiger partial charge in [0.1, 0.15) is 6.10 Å². The number of amides is 2.